The van der Waals surface area contributed by atoms with E-state index in [-0.39, 0.29) is 23.6 Å². The molecule has 1 N–H and O–H groups in total. The van der Waals surface area contributed by atoms with Gasteiger partial charge in [0.2, 0.25) is 0 Å². The Kier molecular flexibility index (Phi) is 6.27. The van der Waals surface area contributed by atoms with E-state index in [1.807, 2.05) is 55.1 Å². The quantitative estimate of drug-likeness (QED) is 0.558. The standard InChI is InChI=1S/C29H31N3O5/c1-29(2)26(19-8-11-24(36-3)25(17-19)37-4)30-32(28(29)35)20-12-14-31(15-13-20)27(34)23-7-5-6-18-16-21(33)9-10-22(18)23/h5-11,16-17,20,33H,12-15H2,1-4H3. The molecule has 8 heteroatoms. The largest absolute Gasteiger partial charge is 0.508 e. The van der Waals surface area contributed by atoms with Gasteiger partial charge in [0.1, 0.15) is 5.75 Å². The van der Waals surface area contributed by atoms with Crippen LogP contribution in [0.5, 0.6) is 17.2 Å². The number of ether oxygens (including phenoxy) is 2. The van der Waals surface area contributed by atoms with E-state index in [2.05, 4.69) is 0 Å². The lowest BCUT2D eigenvalue weighted by atomic mass is 9.83. The van der Waals surface area contributed by atoms with Crippen molar-refractivity contribution in [1.29, 1.82) is 0 Å². The molecule has 2 amide bonds. The van der Waals surface area contributed by atoms with Gasteiger partial charge in [-0.2, -0.15) is 5.10 Å². The Bertz CT molecular complexity index is 1410. The number of hydrogen-bond acceptors (Lipinski definition) is 6. The average Bonchev–Trinajstić information content (AvgIpc) is 3.15. The topological polar surface area (TPSA) is 91.7 Å². The zero-order chi connectivity index (χ0) is 26.3. The second-order valence-electron chi connectivity index (χ2n) is 10.0. The van der Waals surface area contributed by atoms with E-state index in [4.69, 9.17) is 14.6 Å². The number of nitrogens with zero attached hydrogens (tertiary/aromatic N) is 3. The molecule has 0 saturated carbocycles. The fraction of sp³-hybridized carbons (Fsp3) is 0.345. The normalized spacial score (nSPS) is 17.7. The summed E-state index contributed by atoms with van der Waals surface area (Å²) >= 11 is 0. The van der Waals surface area contributed by atoms with E-state index >= 15 is 0 Å². The van der Waals surface area contributed by atoms with Crippen molar-refractivity contribution in [3.8, 4) is 17.2 Å². The summed E-state index contributed by atoms with van der Waals surface area (Å²) in [5.41, 5.74) is 1.33. The molecule has 1 fully saturated rings. The van der Waals surface area contributed by atoms with E-state index in [0.717, 1.165) is 16.3 Å². The number of phenolic OH excluding ortho intramolecular Hbond substituents is 1. The molecule has 8 nitrogen and oxygen atoms in total. The van der Waals surface area contributed by atoms with Crippen molar-refractivity contribution in [3.05, 3.63) is 65.7 Å². The second kappa shape index (κ2) is 9.42. The summed E-state index contributed by atoms with van der Waals surface area (Å²) in [5.74, 6) is 1.28. The Labute approximate surface area is 216 Å². The predicted molar refractivity (Wildman–Crippen MR) is 141 cm³/mol. The maximum Gasteiger partial charge on any atom is 0.254 e. The van der Waals surface area contributed by atoms with Crippen LogP contribution in [0.25, 0.3) is 10.8 Å². The highest BCUT2D eigenvalue weighted by molar-refractivity contribution is 6.19. The summed E-state index contributed by atoms with van der Waals surface area (Å²) in [6.07, 6.45) is 1.28. The Morgan fingerprint density at radius 3 is 2.43 bits per heavy atom. The second-order valence-corrected chi connectivity index (χ2v) is 10.0. The zero-order valence-corrected chi connectivity index (χ0v) is 21.5. The number of carbonyl (C=O) groups is 2. The number of hydrazone groups is 1. The maximum atomic E-state index is 13.5. The molecule has 192 valence electrons. The molecule has 0 unspecified atom stereocenters. The Morgan fingerprint density at radius 2 is 1.73 bits per heavy atom. The van der Waals surface area contributed by atoms with Crippen molar-refractivity contribution in [2.75, 3.05) is 27.3 Å². The number of aromatic hydroxyl groups is 1. The first-order valence-electron chi connectivity index (χ1n) is 12.4. The molecule has 5 rings (SSSR count). The number of carbonyl (C=O) groups excluding carboxylic acids is 2. The number of hydrogen-bond donors (Lipinski definition) is 1. The summed E-state index contributed by atoms with van der Waals surface area (Å²) < 4.78 is 10.8. The minimum Gasteiger partial charge on any atom is -0.508 e. The van der Waals surface area contributed by atoms with Crippen molar-refractivity contribution in [2.24, 2.45) is 10.5 Å². The third-order valence-electron chi connectivity index (χ3n) is 7.39. The van der Waals surface area contributed by atoms with Gasteiger partial charge in [-0.3, -0.25) is 9.59 Å². The lowest BCUT2D eigenvalue weighted by Crippen LogP contribution is -2.47. The number of benzene rings is 3. The first kappa shape index (κ1) is 24.6. The first-order chi connectivity index (χ1) is 17.7. The molecule has 1 saturated heterocycles. The molecule has 0 spiro atoms. The molecule has 0 aromatic heterocycles. The van der Waals surface area contributed by atoms with Gasteiger partial charge in [0.05, 0.1) is 31.4 Å². The molecule has 2 aliphatic heterocycles. The fourth-order valence-corrected chi connectivity index (χ4v) is 5.26. The summed E-state index contributed by atoms with van der Waals surface area (Å²) in [7, 11) is 3.17. The van der Waals surface area contributed by atoms with Crippen molar-refractivity contribution in [1.82, 2.24) is 9.91 Å². The molecule has 0 atom stereocenters. The van der Waals surface area contributed by atoms with Crippen LogP contribution in [0.1, 0.15) is 42.6 Å². The van der Waals surface area contributed by atoms with E-state index in [9.17, 15) is 14.7 Å². The van der Waals surface area contributed by atoms with Crippen LogP contribution in [0.15, 0.2) is 59.7 Å². The van der Waals surface area contributed by atoms with E-state index in [0.29, 0.717) is 48.7 Å². The Balaban J connectivity index is 1.34. The highest BCUT2D eigenvalue weighted by Crippen LogP contribution is 2.38. The molecule has 2 aliphatic rings. The number of fused-ring (bicyclic) bond motifs is 1. The van der Waals surface area contributed by atoms with Crippen LogP contribution in [0.3, 0.4) is 0 Å². The van der Waals surface area contributed by atoms with Gasteiger partial charge in [0.15, 0.2) is 11.5 Å². The highest BCUT2D eigenvalue weighted by atomic mass is 16.5. The van der Waals surface area contributed by atoms with Crippen LogP contribution < -0.4 is 9.47 Å². The molecule has 3 aromatic rings. The number of rotatable bonds is 5. The van der Waals surface area contributed by atoms with Gasteiger partial charge in [0.25, 0.3) is 11.8 Å². The lowest BCUT2D eigenvalue weighted by Gasteiger charge is -2.35. The molecule has 0 bridgehead atoms. The molecule has 37 heavy (non-hydrogen) atoms. The molecule has 0 aliphatic carbocycles. The number of likely N-dealkylation sites (tertiary alicyclic amines) is 1. The summed E-state index contributed by atoms with van der Waals surface area (Å²) in [5, 5.41) is 17.8. The van der Waals surface area contributed by atoms with Crippen LogP contribution in [-0.4, -0.2) is 65.9 Å². The smallest absolute Gasteiger partial charge is 0.254 e. The van der Waals surface area contributed by atoms with Gasteiger partial charge in [0, 0.05) is 24.2 Å². The van der Waals surface area contributed by atoms with Gasteiger partial charge in [-0.15, -0.1) is 0 Å². The van der Waals surface area contributed by atoms with Crippen molar-refractivity contribution < 1.29 is 24.2 Å². The van der Waals surface area contributed by atoms with Gasteiger partial charge in [-0.05, 0) is 79.9 Å². The minimum absolute atomic E-state index is 0.0441. The van der Waals surface area contributed by atoms with E-state index < -0.39 is 5.41 Å². The Hall–Kier alpha value is -4.07. The van der Waals surface area contributed by atoms with Crippen LogP contribution in [0.4, 0.5) is 0 Å². The third kappa shape index (κ3) is 4.26. The van der Waals surface area contributed by atoms with Crippen molar-refractivity contribution in [2.45, 2.75) is 32.7 Å². The van der Waals surface area contributed by atoms with Crippen molar-refractivity contribution in [3.63, 3.8) is 0 Å². The average molecular weight is 502 g/mol. The number of piperidine rings is 1. The summed E-state index contributed by atoms with van der Waals surface area (Å²) in [6.45, 7) is 4.84. The molecule has 3 aromatic carbocycles. The van der Waals surface area contributed by atoms with Crippen LogP contribution in [0.2, 0.25) is 0 Å². The molecular weight excluding hydrogens is 470 g/mol. The SMILES string of the molecule is COc1ccc(C2=NN(C3CCN(C(=O)c4cccc5cc(O)ccc45)CC3)C(=O)C2(C)C)cc1OC. The molecular formula is C29H31N3O5. The van der Waals surface area contributed by atoms with Crippen LogP contribution >= 0.6 is 0 Å². The first-order valence-corrected chi connectivity index (χ1v) is 12.4. The number of phenols is 1. The zero-order valence-electron chi connectivity index (χ0n) is 21.5. The number of methoxy groups -OCH3 is 2. The molecule has 0 radical (unpaired) electrons. The summed E-state index contributed by atoms with van der Waals surface area (Å²) in [6, 6.07) is 16.0. The van der Waals surface area contributed by atoms with E-state index in [1.54, 1.807) is 37.4 Å². The summed E-state index contributed by atoms with van der Waals surface area (Å²) in [4.78, 5) is 28.7. The molecule has 2 heterocycles. The van der Waals surface area contributed by atoms with Gasteiger partial charge < -0.3 is 19.5 Å². The predicted octanol–water partition coefficient (Wildman–Crippen LogP) is 4.44. The minimum atomic E-state index is -0.791. The van der Waals surface area contributed by atoms with Gasteiger partial charge >= 0.3 is 0 Å². The fourth-order valence-electron chi connectivity index (χ4n) is 5.26. The Morgan fingerprint density at radius 1 is 1.00 bits per heavy atom. The third-order valence-corrected chi connectivity index (χ3v) is 7.39. The van der Waals surface area contributed by atoms with Gasteiger partial charge in [-0.1, -0.05) is 12.1 Å². The monoisotopic (exact) mass is 501 g/mol. The van der Waals surface area contributed by atoms with Crippen molar-refractivity contribution >= 4 is 28.3 Å². The van der Waals surface area contributed by atoms with Crippen LogP contribution in [0, 0.1) is 5.41 Å². The highest BCUT2D eigenvalue weighted by Gasteiger charge is 2.47. The van der Waals surface area contributed by atoms with Gasteiger partial charge in [-0.25, -0.2) is 5.01 Å². The van der Waals surface area contributed by atoms with E-state index in [1.165, 1.54) is 0 Å². The maximum absolute atomic E-state index is 13.5. The lowest BCUT2D eigenvalue weighted by molar-refractivity contribution is -0.137. The van der Waals surface area contributed by atoms with Crippen LogP contribution in [-0.2, 0) is 4.79 Å². The number of amides is 2.